The van der Waals surface area contributed by atoms with Crippen molar-refractivity contribution in [2.75, 3.05) is 10.6 Å². The van der Waals surface area contributed by atoms with Gasteiger partial charge in [0.2, 0.25) is 5.95 Å². The van der Waals surface area contributed by atoms with Crippen molar-refractivity contribution in [2.24, 2.45) is 0 Å². The van der Waals surface area contributed by atoms with E-state index in [1.165, 1.54) is 12.1 Å². The summed E-state index contributed by atoms with van der Waals surface area (Å²) in [6.07, 6.45) is 0. The largest absolute Gasteiger partial charge is 0.324 e. The highest BCUT2D eigenvalue weighted by molar-refractivity contribution is 6.03. The quantitative estimate of drug-likeness (QED) is 0.638. The SMILES string of the molecule is Cc1cc(C(=O)Nc2ccc(F)c(F)c2)nc(Nc2ccccc2C(C)C)n1. The molecule has 1 aromatic heterocycles. The van der Waals surface area contributed by atoms with Crippen LogP contribution in [-0.2, 0) is 0 Å². The maximum absolute atomic E-state index is 13.3. The molecule has 0 spiro atoms. The van der Waals surface area contributed by atoms with Crippen molar-refractivity contribution in [3.05, 3.63) is 77.1 Å². The summed E-state index contributed by atoms with van der Waals surface area (Å²) < 4.78 is 26.4. The number of aromatic nitrogens is 2. The van der Waals surface area contributed by atoms with E-state index in [1.807, 2.05) is 24.3 Å². The zero-order valence-corrected chi connectivity index (χ0v) is 15.8. The minimum Gasteiger partial charge on any atom is -0.324 e. The molecule has 0 saturated carbocycles. The minimum absolute atomic E-state index is 0.113. The van der Waals surface area contributed by atoms with Crippen LogP contribution in [0.15, 0.2) is 48.5 Å². The summed E-state index contributed by atoms with van der Waals surface area (Å²) in [5, 5.41) is 5.67. The molecule has 7 heteroatoms. The van der Waals surface area contributed by atoms with Crippen LogP contribution < -0.4 is 10.6 Å². The van der Waals surface area contributed by atoms with Crippen molar-refractivity contribution in [1.82, 2.24) is 9.97 Å². The monoisotopic (exact) mass is 382 g/mol. The lowest BCUT2D eigenvalue weighted by molar-refractivity contribution is 0.102. The van der Waals surface area contributed by atoms with E-state index in [-0.39, 0.29) is 17.3 Å². The number of carbonyl (C=O) groups excluding carboxylic acids is 1. The molecule has 0 radical (unpaired) electrons. The second kappa shape index (κ2) is 8.12. The van der Waals surface area contributed by atoms with Crippen LogP contribution in [0.5, 0.6) is 0 Å². The highest BCUT2D eigenvalue weighted by Gasteiger charge is 2.14. The van der Waals surface area contributed by atoms with Gasteiger partial charge >= 0.3 is 0 Å². The van der Waals surface area contributed by atoms with Crippen LogP contribution in [0.25, 0.3) is 0 Å². The van der Waals surface area contributed by atoms with Gasteiger partial charge in [0.05, 0.1) is 0 Å². The Labute approximate surface area is 161 Å². The van der Waals surface area contributed by atoms with Gasteiger partial charge in [-0.2, -0.15) is 0 Å². The van der Waals surface area contributed by atoms with Crippen LogP contribution in [0.2, 0.25) is 0 Å². The summed E-state index contributed by atoms with van der Waals surface area (Å²) in [7, 11) is 0. The average molecular weight is 382 g/mol. The number of benzene rings is 2. The van der Waals surface area contributed by atoms with E-state index < -0.39 is 17.5 Å². The van der Waals surface area contributed by atoms with Gasteiger partial charge in [0.1, 0.15) is 5.69 Å². The second-order valence-corrected chi connectivity index (χ2v) is 6.67. The number of amides is 1. The van der Waals surface area contributed by atoms with Gasteiger partial charge in [0.15, 0.2) is 11.6 Å². The van der Waals surface area contributed by atoms with Crippen molar-refractivity contribution < 1.29 is 13.6 Å². The fraction of sp³-hybridized carbons (Fsp3) is 0.190. The summed E-state index contributed by atoms with van der Waals surface area (Å²) in [4.78, 5) is 21.1. The maximum Gasteiger partial charge on any atom is 0.274 e. The molecule has 0 unspecified atom stereocenters. The molecule has 2 N–H and O–H groups in total. The molecule has 0 aliphatic heterocycles. The number of nitrogens with one attached hydrogen (secondary N) is 2. The summed E-state index contributed by atoms with van der Waals surface area (Å²) in [5.41, 5.74) is 2.80. The topological polar surface area (TPSA) is 66.9 Å². The molecule has 0 saturated heterocycles. The van der Waals surface area contributed by atoms with Crippen molar-refractivity contribution >= 4 is 23.2 Å². The number of halogens is 2. The standard InChI is InChI=1S/C21H20F2N4O/c1-12(2)15-6-4-5-7-18(15)26-21-24-13(3)10-19(27-21)20(28)25-14-8-9-16(22)17(23)11-14/h4-12H,1-3H3,(H,25,28)(H,24,26,27). The first-order valence-electron chi connectivity index (χ1n) is 8.81. The number of anilines is 3. The minimum atomic E-state index is -1.04. The van der Waals surface area contributed by atoms with E-state index in [9.17, 15) is 13.6 Å². The summed E-state index contributed by atoms with van der Waals surface area (Å²) in [6.45, 7) is 5.91. The number of hydrogen-bond acceptors (Lipinski definition) is 4. The Morgan fingerprint density at radius 1 is 1.00 bits per heavy atom. The molecular formula is C21H20F2N4O. The number of nitrogens with zero attached hydrogens (tertiary/aromatic N) is 2. The van der Waals surface area contributed by atoms with Crippen LogP contribution >= 0.6 is 0 Å². The number of hydrogen-bond donors (Lipinski definition) is 2. The number of carbonyl (C=O) groups is 1. The van der Waals surface area contributed by atoms with Crippen LogP contribution in [0.1, 0.15) is 41.5 Å². The van der Waals surface area contributed by atoms with Gasteiger partial charge in [-0.1, -0.05) is 32.0 Å². The van der Waals surface area contributed by atoms with Gasteiger partial charge in [-0.3, -0.25) is 4.79 Å². The van der Waals surface area contributed by atoms with Gasteiger partial charge in [0, 0.05) is 23.1 Å². The van der Waals surface area contributed by atoms with E-state index >= 15 is 0 Å². The van der Waals surface area contributed by atoms with Gasteiger partial charge in [-0.05, 0) is 42.7 Å². The summed E-state index contributed by atoms with van der Waals surface area (Å²) in [5.74, 6) is -1.99. The molecule has 0 aliphatic carbocycles. The normalized spacial score (nSPS) is 10.8. The zero-order valence-electron chi connectivity index (χ0n) is 15.8. The lowest BCUT2D eigenvalue weighted by Crippen LogP contribution is -2.16. The molecule has 5 nitrogen and oxygen atoms in total. The Kier molecular flexibility index (Phi) is 5.63. The van der Waals surface area contributed by atoms with Crippen LogP contribution in [-0.4, -0.2) is 15.9 Å². The third kappa shape index (κ3) is 4.49. The third-order valence-electron chi connectivity index (χ3n) is 4.09. The number of rotatable bonds is 5. The Balaban J connectivity index is 1.85. The molecule has 1 heterocycles. The highest BCUT2D eigenvalue weighted by Crippen LogP contribution is 2.26. The smallest absolute Gasteiger partial charge is 0.274 e. The van der Waals surface area contributed by atoms with Crippen LogP contribution in [0, 0.1) is 18.6 Å². The van der Waals surface area contributed by atoms with E-state index in [2.05, 4.69) is 34.4 Å². The molecule has 2 aromatic carbocycles. The van der Waals surface area contributed by atoms with Crippen molar-refractivity contribution in [3.63, 3.8) is 0 Å². The zero-order chi connectivity index (χ0) is 20.3. The first-order chi connectivity index (χ1) is 13.3. The molecule has 0 fully saturated rings. The first-order valence-corrected chi connectivity index (χ1v) is 8.81. The fourth-order valence-electron chi connectivity index (χ4n) is 2.74. The second-order valence-electron chi connectivity index (χ2n) is 6.67. The van der Waals surface area contributed by atoms with Gasteiger partial charge in [0.25, 0.3) is 5.91 Å². The lowest BCUT2D eigenvalue weighted by atomic mass is 10.0. The van der Waals surface area contributed by atoms with Crippen molar-refractivity contribution in [2.45, 2.75) is 26.7 Å². The number of aryl methyl sites for hydroxylation is 1. The molecule has 144 valence electrons. The average Bonchev–Trinajstić information content (AvgIpc) is 2.64. The van der Waals surface area contributed by atoms with E-state index in [1.54, 1.807) is 6.92 Å². The molecular weight excluding hydrogens is 362 g/mol. The van der Waals surface area contributed by atoms with E-state index in [0.29, 0.717) is 11.6 Å². The Hall–Kier alpha value is -3.35. The maximum atomic E-state index is 13.3. The van der Waals surface area contributed by atoms with Gasteiger partial charge in [-0.25, -0.2) is 18.7 Å². The third-order valence-corrected chi connectivity index (χ3v) is 4.09. The van der Waals surface area contributed by atoms with Gasteiger partial charge < -0.3 is 10.6 Å². The summed E-state index contributed by atoms with van der Waals surface area (Å²) >= 11 is 0. The Bertz CT molecular complexity index is 1020. The van der Waals surface area contributed by atoms with Crippen LogP contribution in [0.4, 0.5) is 26.1 Å². The molecule has 28 heavy (non-hydrogen) atoms. The van der Waals surface area contributed by atoms with Crippen molar-refractivity contribution in [1.29, 1.82) is 0 Å². The van der Waals surface area contributed by atoms with Crippen molar-refractivity contribution in [3.8, 4) is 0 Å². The van der Waals surface area contributed by atoms with E-state index in [4.69, 9.17) is 0 Å². The van der Waals surface area contributed by atoms with Crippen LogP contribution in [0.3, 0.4) is 0 Å². The highest BCUT2D eigenvalue weighted by atomic mass is 19.2. The van der Waals surface area contributed by atoms with Gasteiger partial charge in [-0.15, -0.1) is 0 Å². The predicted octanol–water partition coefficient (Wildman–Crippen LogP) is 5.18. The first kappa shape index (κ1) is 19.4. The van der Waals surface area contributed by atoms with E-state index in [0.717, 1.165) is 23.4 Å². The predicted molar refractivity (Wildman–Crippen MR) is 105 cm³/mol. The number of para-hydroxylation sites is 1. The summed E-state index contributed by atoms with van der Waals surface area (Å²) in [6, 6.07) is 12.5. The lowest BCUT2D eigenvalue weighted by Gasteiger charge is -2.14. The molecule has 1 amide bonds. The molecule has 0 aliphatic rings. The Morgan fingerprint density at radius 3 is 2.46 bits per heavy atom. The molecule has 3 aromatic rings. The molecule has 0 atom stereocenters. The Morgan fingerprint density at radius 2 is 1.75 bits per heavy atom. The fourth-order valence-corrected chi connectivity index (χ4v) is 2.74. The molecule has 0 bridgehead atoms. The molecule has 3 rings (SSSR count).